The lowest BCUT2D eigenvalue weighted by Gasteiger charge is -2.25. The third kappa shape index (κ3) is 6.42. The summed E-state index contributed by atoms with van der Waals surface area (Å²) in [5.74, 6) is -1.03. The van der Waals surface area contributed by atoms with Gasteiger partial charge in [0.05, 0.1) is 24.0 Å². The number of rotatable bonds is 11. The first kappa shape index (κ1) is 22.1. The van der Waals surface area contributed by atoms with Gasteiger partial charge >= 0.3 is 5.97 Å². The summed E-state index contributed by atoms with van der Waals surface area (Å²) in [4.78, 5) is 12.3. The van der Waals surface area contributed by atoms with Crippen LogP contribution in [0.3, 0.4) is 0 Å². The number of aryl methyl sites for hydroxylation is 1. The monoisotopic (exact) mass is 380 g/mol. The van der Waals surface area contributed by atoms with Crippen molar-refractivity contribution in [1.29, 1.82) is 0 Å². The van der Waals surface area contributed by atoms with E-state index in [0.29, 0.717) is 12.8 Å². The Labute approximate surface area is 156 Å². The standard InChI is InChI=1S/C20H28O5S/c1-6-8-19(20(21)24-7-2)18(15(3)4)13-14-25-26(22,23)17-11-9-16(5)10-12-17/h6,9-12,18-19H,1,3,7-8,13-14H2,2,4-5H3/t18-,19?/m1/s1. The average molecular weight is 381 g/mol. The van der Waals surface area contributed by atoms with Crippen molar-refractivity contribution in [2.24, 2.45) is 11.8 Å². The minimum Gasteiger partial charge on any atom is -0.466 e. The highest BCUT2D eigenvalue weighted by atomic mass is 32.2. The van der Waals surface area contributed by atoms with Gasteiger partial charge in [0.2, 0.25) is 0 Å². The van der Waals surface area contributed by atoms with E-state index in [0.717, 1.165) is 11.1 Å². The summed E-state index contributed by atoms with van der Waals surface area (Å²) >= 11 is 0. The van der Waals surface area contributed by atoms with Crippen LogP contribution in [0, 0.1) is 18.8 Å². The third-order valence-corrected chi connectivity index (χ3v) is 5.43. The molecule has 0 N–H and O–H groups in total. The number of carbonyl (C=O) groups is 1. The molecule has 0 bridgehead atoms. The Bertz CT molecular complexity index is 719. The fraction of sp³-hybridized carbons (Fsp3) is 0.450. The lowest BCUT2D eigenvalue weighted by Crippen LogP contribution is -2.27. The van der Waals surface area contributed by atoms with E-state index in [1.807, 2.05) is 13.8 Å². The van der Waals surface area contributed by atoms with Crippen molar-refractivity contribution in [3.05, 3.63) is 54.6 Å². The van der Waals surface area contributed by atoms with Crippen LogP contribution in [0.15, 0.2) is 54.0 Å². The third-order valence-electron chi connectivity index (χ3n) is 4.11. The second-order valence-corrected chi connectivity index (χ2v) is 7.83. The van der Waals surface area contributed by atoms with Gasteiger partial charge < -0.3 is 4.74 Å². The van der Waals surface area contributed by atoms with Crippen LogP contribution in [-0.2, 0) is 23.8 Å². The van der Waals surface area contributed by atoms with Gasteiger partial charge in [-0.2, -0.15) is 8.42 Å². The maximum absolute atomic E-state index is 12.3. The SMILES string of the molecule is C=CCC(C(=O)OCC)[C@H](CCOS(=O)(=O)c1ccc(C)cc1)C(=C)C. The van der Waals surface area contributed by atoms with Gasteiger partial charge in [-0.3, -0.25) is 8.98 Å². The van der Waals surface area contributed by atoms with Gasteiger partial charge in [-0.25, -0.2) is 0 Å². The number of esters is 1. The minimum atomic E-state index is -3.83. The van der Waals surface area contributed by atoms with E-state index in [9.17, 15) is 13.2 Å². The Kier molecular flexibility index (Phi) is 8.75. The molecular weight excluding hydrogens is 352 g/mol. The molecule has 0 aliphatic heterocycles. The first-order valence-corrected chi connectivity index (χ1v) is 10.0. The van der Waals surface area contributed by atoms with E-state index in [1.54, 1.807) is 25.1 Å². The van der Waals surface area contributed by atoms with Gasteiger partial charge in [-0.15, -0.1) is 6.58 Å². The Hall–Kier alpha value is -1.92. The molecule has 26 heavy (non-hydrogen) atoms. The maximum Gasteiger partial charge on any atom is 0.309 e. The summed E-state index contributed by atoms with van der Waals surface area (Å²) in [5.41, 5.74) is 1.74. The van der Waals surface area contributed by atoms with Crippen LogP contribution >= 0.6 is 0 Å². The van der Waals surface area contributed by atoms with Crippen molar-refractivity contribution in [1.82, 2.24) is 0 Å². The van der Waals surface area contributed by atoms with Crippen LogP contribution in [-0.4, -0.2) is 27.6 Å². The zero-order valence-electron chi connectivity index (χ0n) is 15.7. The Morgan fingerprint density at radius 1 is 1.23 bits per heavy atom. The molecule has 0 fully saturated rings. The first-order chi connectivity index (χ1) is 12.2. The summed E-state index contributed by atoms with van der Waals surface area (Å²) in [7, 11) is -3.83. The molecule has 1 unspecified atom stereocenters. The summed E-state index contributed by atoms with van der Waals surface area (Å²) in [6.45, 7) is 13.3. The molecule has 0 saturated heterocycles. The molecule has 5 nitrogen and oxygen atoms in total. The van der Waals surface area contributed by atoms with Crippen LogP contribution in [0.1, 0.15) is 32.3 Å². The van der Waals surface area contributed by atoms with Gasteiger partial charge in [-0.05, 0) is 51.7 Å². The second kappa shape index (κ2) is 10.3. The Morgan fingerprint density at radius 2 is 1.85 bits per heavy atom. The van der Waals surface area contributed by atoms with E-state index >= 15 is 0 Å². The Balaban J connectivity index is 2.81. The van der Waals surface area contributed by atoms with Crippen molar-refractivity contribution in [2.75, 3.05) is 13.2 Å². The van der Waals surface area contributed by atoms with Crippen LogP contribution in [0.2, 0.25) is 0 Å². The zero-order valence-corrected chi connectivity index (χ0v) is 16.6. The largest absolute Gasteiger partial charge is 0.466 e. The fourth-order valence-electron chi connectivity index (χ4n) is 2.70. The maximum atomic E-state index is 12.3. The molecule has 6 heteroatoms. The molecule has 0 radical (unpaired) electrons. The van der Waals surface area contributed by atoms with E-state index < -0.39 is 16.0 Å². The Morgan fingerprint density at radius 3 is 2.35 bits per heavy atom. The normalized spacial score (nSPS) is 13.7. The number of ether oxygens (including phenoxy) is 1. The van der Waals surface area contributed by atoms with E-state index in [2.05, 4.69) is 13.2 Å². The van der Waals surface area contributed by atoms with Crippen LogP contribution in [0.25, 0.3) is 0 Å². The van der Waals surface area contributed by atoms with Gasteiger partial charge in [-0.1, -0.05) is 35.9 Å². The van der Waals surface area contributed by atoms with Gasteiger partial charge in [0.25, 0.3) is 10.1 Å². The topological polar surface area (TPSA) is 69.7 Å². The lowest BCUT2D eigenvalue weighted by molar-refractivity contribution is -0.149. The first-order valence-electron chi connectivity index (χ1n) is 8.62. The molecule has 0 spiro atoms. The molecule has 0 heterocycles. The molecule has 1 rings (SSSR count). The molecular formula is C20H28O5S. The fourth-order valence-corrected chi connectivity index (χ4v) is 3.62. The van der Waals surface area contributed by atoms with Crippen LogP contribution < -0.4 is 0 Å². The average Bonchev–Trinajstić information content (AvgIpc) is 2.57. The molecule has 1 aromatic carbocycles. The molecule has 0 aliphatic carbocycles. The number of allylic oxidation sites excluding steroid dienone is 2. The van der Waals surface area contributed by atoms with Crippen molar-refractivity contribution >= 4 is 16.1 Å². The summed E-state index contributed by atoms with van der Waals surface area (Å²) in [6, 6.07) is 6.46. The second-order valence-electron chi connectivity index (χ2n) is 6.21. The summed E-state index contributed by atoms with van der Waals surface area (Å²) < 4.78 is 34.8. The molecule has 0 aliphatic rings. The van der Waals surface area contributed by atoms with Crippen molar-refractivity contribution in [3.8, 4) is 0 Å². The van der Waals surface area contributed by atoms with E-state index in [1.165, 1.54) is 12.1 Å². The van der Waals surface area contributed by atoms with Crippen molar-refractivity contribution in [2.45, 2.75) is 38.5 Å². The number of hydrogen-bond acceptors (Lipinski definition) is 5. The summed E-state index contributed by atoms with van der Waals surface area (Å²) in [6.07, 6.45) is 2.43. The van der Waals surface area contributed by atoms with Crippen molar-refractivity contribution < 1.29 is 22.1 Å². The lowest BCUT2D eigenvalue weighted by atomic mass is 9.82. The number of carbonyl (C=O) groups excluding carboxylic acids is 1. The quantitative estimate of drug-likeness (QED) is 0.329. The molecule has 144 valence electrons. The number of benzene rings is 1. The number of hydrogen-bond donors (Lipinski definition) is 0. The molecule has 1 aromatic rings. The highest BCUT2D eigenvalue weighted by molar-refractivity contribution is 7.86. The minimum absolute atomic E-state index is 0.0409. The van der Waals surface area contributed by atoms with Crippen LogP contribution in [0.5, 0.6) is 0 Å². The highest BCUT2D eigenvalue weighted by Crippen LogP contribution is 2.28. The smallest absolute Gasteiger partial charge is 0.309 e. The highest BCUT2D eigenvalue weighted by Gasteiger charge is 2.29. The predicted molar refractivity (Wildman–Crippen MR) is 102 cm³/mol. The zero-order chi connectivity index (χ0) is 19.7. The molecule has 0 saturated carbocycles. The molecule has 0 amide bonds. The van der Waals surface area contributed by atoms with Gasteiger partial charge in [0.15, 0.2) is 0 Å². The van der Waals surface area contributed by atoms with Gasteiger partial charge in [0, 0.05) is 0 Å². The van der Waals surface area contributed by atoms with Crippen molar-refractivity contribution in [3.63, 3.8) is 0 Å². The molecule has 2 atom stereocenters. The van der Waals surface area contributed by atoms with Crippen LogP contribution in [0.4, 0.5) is 0 Å². The molecule has 0 aromatic heterocycles. The van der Waals surface area contributed by atoms with Gasteiger partial charge in [0.1, 0.15) is 0 Å². The van der Waals surface area contributed by atoms with E-state index in [-0.39, 0.29) is 30.0 Å². The predicted octanol–water partition coefficient (Wildman–Crippen LogP) is 4.04. The van der Waals surface area contributed by atoms with E-state index in [4.69, 9.17) is 8.92 Å². The summed E-state index contributed by atoms with van der Waals surface area (Å²) in [5, 5.41) is 0.